The first-order valence-electron chi connectivity index (χ1n) is 7.87. The van der Waals surface area contributed by atoms with Gasteiger partial charge in [0.2, 0.25) is 4.77 Å². The van der Waals surface area contributed by atoms with Gasteiger partial charge < -0.3 is 4.74 Å². The molecule has 0 saturated heterocycles. The lowest BCUT2D eigenvalue weighted by Crippen LogP contribution is -2.08. The van der Waals surface area contributed by atoms with Gasteiger partial charge in [-0.25, -0.2) is 4.68 Å². The molecule has 0 unspecified atom stereocenters. The highest BCUT2D eigenvalue weighted by Crippen LogP contribution is 2.12. The molecule has 0 aliphatic carbocycles. The number of aromatic nitrogens is 6. The molecule has 130 valence electrons. The molecule has 4 rings (SSSR count). The number of benzene rings is 2. The fourth-order valence-corrected chi connectivity index (χ4v) is 2.73. The van der Waals surface area contributed by atoms with Gasteiger partial charge in [0.15, 0.2) is 5.82 Å². The van der Waals surface area contributed by atoms with Crippen molar-refractivity contribution in [2.45, 2.75) is 6.54 Å². The zero-order chi connectivity index (χ0) is 17.9. The highest BCUT2D eigenvalue weighted by atomic mass is 32.1. The van der Waals surface area contributed by atoms with Gasteiger partial charge in [0.05, 0.1) is 18.8 Å². The van der Waals surface area contributed by atoms with Crippen LogP contribution < -0.4 is 4.74 Å². The summed E-state index contributed by atoms with van der Waals surface area (Å²) < 4.78 is 8.91. The van der Waals surface area contributed by atoms with Crippen LogP contribution in [0, 0.1) is 4.77 Å². The number of ether oxygens (including phenoxy) is 1. The number of nitrogens with one attached hydrogen (secondary N) is 1. The Kier molecular flexibility index (Phi) is 4.28. The highest BCUT2D eigenvalue weighted by molar-refractivity contribution is 7.71. The average molecular weight is 365 g/mol. The van der Waals surface area contributed by atoms with Crippen molar-refractivity contribution < 1.29 is 4.74 Å². The Balaban J connectivity index is 1.62. The molecule has 1 N–H and O–H groups in total. The van der Waals surface area contributed by atoms with Crippen molar-refractivity contribution in [1.29, 1.82) is 0 Å². The number of hydrogen-bond donors (Lipinski definition) is 1. The number of methoxy groups -OCH3 is 1. The van der Waals surface area contributed by atoms with Gasteiger partial charge in [0.1, 0.15) is 17.8 Å². The van der Waals surface area contributed by atoms with Crippen molar-refractivity contribution in [2.75, 3.05) is 7.11 Å². The summed E-state index contributed by atoms with van der Waals surface area (Å²) in [7, 11) is 1.63. The second kappa shape index (κ2) is 6.89. The van der Waals surface area contributed by atoms with Crippen LogP contribution in [0.25, 0.3) is 11.0 Å². The Morgan fingerprint density at radius 2 is 2.00 bits per heavy atom. The Labute approximate surface area is 153 Å². The van der Waals surface area contributed by atoms with Gasteiger partial charge in [-0.1, -0.05) is 17.3 Å². The van der Waals surface area contributed by atoms with Crippen molar-refractivity contribution in [3.63, 3.8) is 0 Å². The number of para-hydroxylation sites is 1. The first-order valence-corrected chi connectivity index (χ1v) is 8.28. The number of H-pyrrole nitrogens is 1. The molecule has 9 heteroatoms. The van der Waals surface area contributed by atoms with Gasteiger partial charge in [-0.3, -0.25) is 5.10 Å². The van der Waals surface area contributed by atoms with Gasteiger partial charge in [0.25, 0.3) is 0 Å². The van der Waals surface area contributed by atoms with Gasteiger partial charge in [-0.2, -0.15) is 14.9 Å². The fraction of sp³-hybridized carbons (Fsp3) is 0.118. The molecule has 0 fully saturated rings. The van der Waals surface area contributed by atoms with E-state index in [1.807, 2.05) is 48.5 Å². The summed E-state index contributed by atoms with van der Waals surface area (Å²) >= 11 is 5.29. The predicted molar refractivity (Wildman–Crippen MR) is 100 cm³/mol. The third-order valence-corrected chi connectivity index (χ3v) is 4.13. The van der Waals surface area contributed by atoms with E-state index >= 15 is 0 Å². The van der Waals surface area contributed by atoms with Crippen LogP contribution in [0.4, 0.5) is 0 Å². The van der Waals surface area contributed by atoms with Crippen molar-refractivity contribution >= 4 is 29.5 Å². The van der Waals surface area contributed by atoms with Gasteiger partial charge in [-0.15, -0.1) is 5.10 Å². The van der Waals surface area contributed by atoms with Gasteiger partial charge >= 0.3 is 0 Å². The molecule has 2 heterocycles. The zero-order valence-corrected chi connectivity index (χ0v) is 14.7. The van der Waals surface area contributed by atoms with Crippen LogP contribution in [0.5, 0.6) is 5.75 Å². The molecule has 8 nitrogen and oxygen atoms in total. The van der Waals surface area contributed by atoms with E-state index in [1.165, 1.54) is 0 Å². The lowest BCUT2D eigenvalue weighted by molar-refractivity contribution is 0.415. The summed E-state index contributed by atoms with van der Waals surface area (Å²) in [5.74, 6) is 1.43. The van der Waals surface area contributed by atoms with Crippen LogP contribution in [0.1, 0.15) is 11.4 Å². The van der Waals surface area contributed by atoms with Crippen LogP contribution >= 0.6 is 12.2 Å². The molecule has 0 atom stereocenters. The maximum Gasteiger partial charge on any atom is 0.216 e. The molecule has 0 bridgehead atoms. The second-order valence-corrected chi connectivity index (χ2v) is 5.90. The molecule has 0 radical (unpaired) electrons. The largest absolute Gasteiger partial charge is 0.497 e. The Morgan fingerprint density at radius 3 is 2.81 bits per heavy atom. The summed E-state index contributed by atoms with van der Waals surface area (Å²) in [5, 5.41) is 19.8. The number of rotatable bonds is 5. The molecule has 4 aromatic rings. The third kappa shape index (κ3) is 3.11. The fourth-order valence-electron chi connectivity index (χ4n) is 2.53. The molecule has 0 spiro atoms. The van der Waals surface area contributed by atoms with E-state index < -0.39 is 0 Å². The lowest BCUT2D eigenvalue weighted by atomic mass is 10.2. The molecular weight excluding hydrogens is 350 g/mol. The van der Waals surface area contributed by atoms with E-state index in [4.69, 9.17) is 17.0 Å². The SMILES string of the molecule is COc1ccc(/C=N\n2c(Cn3nnc4ccccc43)n[nH]c2=S)cc1. The number of aromatic amines is 1. The van der Waals surface area contributed by atoms with Crippen LogP contribution in [0.2, 0.25) is 0 Å². The van der Waals surface area contributed by atoms with E-state index in [-0.39, 0.29) is 0 Å². The van der Waals surface area contributed by atoms with Crippen molar-refractivity contribution in [3.8, 4) is 5.75 Å². The topological polar surface area (TPSA) is 85.9 Å². The van der Waals surface area contributed by atoms with E-state index in [9.17, 15) is 0 Å². The standard InChI is InChI=1S/C17H15N7OS/c1-25-13-8-6-12(7-9-13)10-18-24-16(20-21-17(24)26)11-23-15-5-3-2-4-14(15)19-22-23/h2-10H,11H2,1H3,(H,21,26)/b18-10-. The number of fused-ring (bicyclic) bond motifs is 1. The predicted octanol–water partition coefficient (Wildman–Crippen LogP) is 2.62. The van der Waals surface area contributed by atoms with E-state index in [2.05, 4.69) is 25.6 Å². The average Bonchev–Trinajstić information content (AvgIpc) is 3.25. The van der Waals surface area contributed by atoms with E-state index in [0.29, 0.717) is 17.1 Å². The summed E-state index contributed by atoms with van der Waals surface area (Å²) in [6, 6.07) is 15.3. The Morgan fingerprint density at radius 1 is 1.19 bits per heavy atom. The number of hydrogen-bond acceptors (Lipinski definition) is 6. The van der Waals surface area contributed by atoms with Crippen molar-refractivity contribution in [3.05, 3.63) is 64.7 Å². The normalized spacial score (nSPS) is 11.4. The molecule has 0 aliphatic heterocycles. The maximum atomic E-state index is 5.29. The zero-order valence-electron chi connectivity index (χ0n) is 13.9. The van der Waals surface area contributed by atoms with E-state index in [1.54, 1.807) is 22.7 Å². The Hall–Kier alpha value is -3.33. The van der Waals surface area contributed by atoms with Crippen molar-refractivity contribution in [1.82, 2.24) is 29.9 Å². The first-order chi connectivity index (χ1) is 12.7. The van der Waals surface area contributed by atoms with E-state index in [0.717, 1.165) is 22.3 Å². The van der Waals surface area contributed by atoms with Gasteiger partial charge in [0, 0.05) is 0 Å². The quantitative estimate of drug-likeness (QED) is 0.434. The first kappa shape index (κ1) is 16.2. The molecule has 0 aliphatic rings. The smallest absolute Gasteiger partial charge is 0.216 e. The number of nitrogens with zero attached hydrogens (tertiary/aromatic N) is 6. The molecule has 2 aromatic heterocycles. The highest BCUT2D eigenvalue weighted by Gasteiger charge is 2.10. The van der Waals surface area contributed by atoms with Gasteiger partial charge in [-0.05, 0) is 54.2 Å². The monoisotopic (exact) mass is 365 g/mol. The summed E-state index contributed by atoms with van der Waals surface area (Å²) in [6.07, 6.45) is 1.72. The molecule has 2 aromatic carbocycles. The lowest BCUT2D eigenvalue weighted by Gasteiger charge is -2.02. The molecule has 0 amide bonds. The molecule has 0 saturated carbocycles. The Bertz CT molecular complexity index is 1120. The van der Waals surface area contributed by atoms with Crippen LogP contribution in [-0.4, -0.2) is 43.2 Å². The van der Waals surface area contributed by atoms with Crippen LogP contribution in [0.3, 0.4) is 0 Å². The summed E-state index contributed by atoms with van der Waals surface area (Å²) in [4.78, 5) is 0. The minimum atomic E-state index is 0.396. The minimum absolute atomic E-state index is 0.396. The van der Waals surface area contributed by atoms with Crippen molar-refractivity contribution in [2.24, 2.45) is 5.10 Å². The summed E-state index contributed by atoms with van der Waals surface area (Å²) in [5.41, 5.74) is 2.67. The summed E-state index contributed by atoms with van der Waals surface area (Å²) in [6.45, 7) is 0.396. The van der Waals surface area contributed by atoms with Crippen LogP contribution in [0.15, 0.2) is 53.6 Å². The van der Waals surface area contributed by atoms with Crippen LogP contribution in [-0.2, 0) is 6.54 Å². The molecule has 26 heavy (non-hydrogen) atoms. The maximum absolute atomic E-state index is 5.29. The molecular formula is C17H15N7OS. The third-order valence-electron chi connectivity index (χ3n) is 3.87. The minimum Gasteiger partial charge on any atom is -0.497 e. The second-order valence-electron chi connectivity index (χ2n) is 5.51.